The molecule has 2 amide bonds. The van der Waals surface area contributed by atoms with E-state index in [4.69, 9.17) is 4.74 Å². The third-order valence-electron chi connectivity index (χ3n) is 3.83. The lowest BCUT2D eigenvalue weighted by Gasteiger charge is -2.24. The average Bonchev–Trinajstić information content (AvgIpc) is 3.04. The standard InChI is InChI=1S/C18H27N5O2/c1-14(2)17(21-15-7-5-4-6-8-15)12-19-18(24)22-16-11-20-23(13-16)9-10-25-3/h4-8,11,13-14,17,21H,9-10,12H2,1-3H3,(H2,19,22,24)/t17-/m1/s1. The highest BCUT2D eigenvalue weighted by atomic mass is 16.5. The molecule has 136 valence electrons. The molecule has 2 aromatic rings. The van der Waals surface area contributed by atoms with Crippen LogP contribution in [0.4, 0.5) is 16.2 Å². The van der Waals surface area contributed by atoms with Crippen molar-refractivity contribution in [2.75, 3.05) is 30.9 Å². The Hall–Kier alpha value is -2.54. The van der Waals surface area contributed by atoms with Crippen LogP contribution in [-0.2, 0) is 11.3 Å². The summed E-state index contributed by atoms with van der Waals surface area (Å²) in [5.74, 6) is 0.373. The number of para-hydroxylation sites is 1. The number of amides is 2. The van der Waals surface area contributed by atoms with Crippen LogP contribution in [0.3, 0.4) is 0 Å². The van der Waals surface area contributed by atoms with Gasteiger partial charge in [0, 0.05) is 31.6 Å². The second kappa shape index (κ2) is 9.68. The number of urea groups is 1. The van der Waals surface area contributed by atoms with E-state index >= 15 is 0 Å². The lowest BCUT2D eigenvalue weighted by molar-refractivity contribution is 0.183. The van der Waals surface area contributed by atoms with Crippen molar-refractivity contribution in [2.24, 2.45) is 5.92 Å². The summed E-state index contributed by atoms with van der Waals surface area (Å²) in [6.07, 6.45) is 3.40. The summed E-state index contributed by atoms with van der Waals surface area (Å²) in [4.78, 5) is 12.1. The molecule has 0 aliphatic carbocycles. The van der Waals surface area contributed by atoms with Gasteiger partial charge in [-0.25, -0.2) is 4.79 Å². The number of benzene rings is 1. The zero-order valence-electron chi connectivity index (χ0n) is 15.0. The van der Waals surface area contributed by atoms with Crippen LogP contribution in [0.2, 0.25) is 0 Å². The van der Waals surface area contributed by atoms with Gasteiger partial charge in [0.25, 0.3) is 0 Å². The van der Waals surface area contributed by atoms with Crippen LogP contribution in [-0.4, -0.2) is 42.1 Å². The molecule has 25 heavy (non-hydrogen) atoms. The number of rotatable bonds is 9. The summed E-state index contributed by atoms with van der Waals surface area (Å²) in [6, 6.07) is 9.88. The van der Waals surface area contributed by atoms with E-state index in [1.807, 2.05) is 30.3 Å². The Kier molecular flexibility index (Phi) is 7.28. The maximum atomic E-state index is 12.1. The Labute approximate surface area is 148 Å². The number of nitrogens with zero attached hydrogens (tertiary/aromatic N) is 2. The first kappa shape index (κ1) is 18.8. The summed E-state index contributed by atoms with van der Waals surface area (Å²) in [6.45, 7) is 6.00. The van der Waals surface area contributed by atoms with Crippen LogP contribution in [0.25, 0.3) is 0 Å². The molecule has 7 heteroatoms. The van der Waals surface area contributed by atoms with Crippen LogP contribution in [0.15, 0.2) is 42.7 Å². The van der Waals surface area contributed by atoms with E-state index in [-0.39, 0.29) is 12.1 Å². The fraction of sp³-hybridized carbons (Fsp3) is 0.444. The lowest BCUT2D eigenvalue weighted by Crippen LogP contribution is -2.41. The van der Waals surface area contributed by atoms with Gasteiger partial charge < -0.3 is 20.7 Å². The van der Waals surface area contributed by atoms with Crippen molar-refractivity contribution in [2.45, 2.75) is 26.4 Å². The van der Waals surface area contributed by atoms with Crippen molar-refractivity contribution in [3.05, 3.63) is 42.7 Å². The minimum absolute atomic E-state index is 0.137. The number of ether oxygens (including phenoxy) is 1. The Morgan fingerprint density at radius 3 is 2.68 bits per heavy atom. The molecule has 1 heterocycles. The summed E-state index contributed by atoms with van der Waals surface area (Å²) in [5, 5.41) is 13.3. The van der Waals surface area contributed by atoms with Crippen molar-refractivity contribution in [1.29, 1.82) is 0 Å². The summed E-state index contributed by atoms with van der Waals surface area (Å²) in [7, 11) is 1.64. The number of aromatic nitrogens is 2. The smallest absolute Gasteiger partial charge is 0.319 e. The molecule has 0 radical (unpaired) electrons. The molecule has 7 nitrogen and oxygen atoms in total. The van der Waals surface area contributed by atoms with Crippen molar-refractivity contribution in [1.82, 2.24) is 15.1 Å². The highest BCUT2D eigenvalue weighted by molar-refractivity contribution is 5.88. The lowest BCUT2D eigenvalue weighted by atomic mass is 10.0. The molecule has 0 unspecified atom stereocenters. The van der Waals surface area contributed by atoms with Gasteiger partial charge in [0.2, 0.25) is 0 Å². The molecular formula is C18H27N5O2. The zero-order chi connectivity index (χ0) is 18.1. The van der Waals surface area contributed by atoms with Gasteiger partial charge in [0.1, 0.15) is 0 Å². The SMILES string of the molecule is COCCn1cc(NC(=O)NC[C@@H](Nc2ccccc2)C(C)C)cn1. The summed E-state index contributed by atoms with van der Waals surface area (Å²) >= 11 is 0. The number of hydrogen-bond acceptors (Lipinski definition) is 4. The fourth-order valence-corrected chi connectivity index (χ4v) is 2.32. The third-order valence-corrected chi connectivity index (χ3v) is 3.83. The van der Waals surface area contributed by atoms with Gasteiger partial charge in [0.15, 0.2) is 0 Å². The topological polar surface area (TPSA) is 80.2 Å². The Balaban J connectivity index is 1.81. The molecule has 0 spiro atoms. The van der Waals surface area contributed by atoms with Gasteiger partial charge in [0.05, 0.1) is 25.0 Å². The number of hydrogen-bond donors (Lipinski definition) is 3. The number of methoxy groups -OCH3 is 1. The van der Waals surface area contributed by atoms with E-state index in [9.17, 15) is 4.79 Å². The molecule has 0 aliphatic heterocycles. The first-order chi connectivity index (χ1) is 12.1. The predicted molar refractivity (Wildman–Crippen MR) is 99.8 cm³/mol. The predicted octanol–water partition coefficient (Wildman–Crippen LogP) is 2.79. The van der Waals surface area contributed by atoms with Crippen LogP contribution < -0.4 is 16.0 Å². The number of carbonyl (C=O) groups is 1. The van der Waals surface area contributed by atoms with E-state index in [2.05, 4.69) is 34.9 Å². The monoisotopic (exact) mass is 345 g/mol. The highest BCUT2D eigenvalue weighted by Crippen LogP contribution is 2.12. The van der Waals surface area contributed by atoms with Crippen LogP contribution in [0.5, 0.6) is 0 Å². The molecule has 1 aromatic heterocycles. The minimum atomic E-state index is -0.244. The maximum absolute atomic E-state index is 12.1. The molecule has 0 aliphatic rings. The van der Waals surface area contributed by atoms with Gasteiger partial charge in [-0.1, -0.05) is 32.0 Å². The number of carbonyl (C=O) groups excluding carboxylic acids is 1. The Bertz CT molecular complexity index is 642. The first-order valence-electron chi connectivity index (χ1n) is 8.46. The van der Waals surface area contributed by atoms with Gasteiger partial charge in [-0.2, -0.15) is 5.10 Å². The zero-order valence-corrected chi connectivity index (χ0v) is 15.0. The second-order valence-corrected chi connectivity index (χ2v) is 6.18. The quantitative estimate of drug-likeness (QED) is 0.653. The molecule has 3 N–H and O–H groups in total. The molecule has 2 rings (SSSR count). The van der Waals surface area contributed by atoms with Crippen LogP contribution >= 0.6 is 0 Å². The van der Waals surface area contributed by atoms with E-state index in [0.717, 1.165) is 5.69 Å². The fourth-order valence-electron chi connectivity index (χ4n) is 2.32. The Morgan fingerprint density at radius 1 is 1.24 bits per heavy atom. The van der Waals surface area contributed by atoms with Crippen LogP contribution in [0, 0.1) is 5.92 Å². The molecule has 1 aromatic carbocycles. The van der Waals surface area contributed by atoms with E-state index in [1.165, 1.54) is 0 Å². The number of nitrogens with one attached hydrogen (secondary N) is 3. The minimum Gasteiger partial charge on any atom is -0.383 e. The third kappa shape index (κ3) is 6.46. The normalized spacial score (nSPS) is 12.0. The van der Waals surface area contributed by atoms with Crippen molar-refractivity contribution < 1.29 is 9.53 Å². The average molecular weight is 345 g/mol. The summed E-state index contributed by atoms with van der Waals surface area (Å²) < 4.78 is 6.73. The van der Waals surface area contributed by atoms with Gasteiger partial charge in [-0.05, 0) is 18.1 Å². The number of anilines is 2. The maximum Gasteiger partial charge on any atom is 0.319 e. The molecule has 1 atom stereocenters. The Morgan fingerprint density at radius 2 is 2.00 bits per heavy atom. The largest absolute Gasteiger partial charge is 0.383 e. The van der Waals surface area contributed by atoms with E-state index in [0.29, 0.717) is 31.3 Å². The van der Waals surface area contributed by atoms with Crippen LogP contribution in [0.1, 0.15) is 13.8 Å². The summed E-state index contributed by atoms with van der Waals surface area (Å²) in [5.41, 5.74) is 1.70. The molecule has 0 saturated heterocycles. The van der Waals surface area contributed by atoms with E-state index < -0.39 is 0 Å². The second-order valence-electron chi connectivity index (χ2n) is 6.18. The first-order valence-corrected chi connectivity index (χ1v) is 8.46. The van der Waals surface area contributed by atoms with Gasteiger partial charge in [-0.3, -0.25) is 4.68 Å². The van der Waals surface area contributed by atoms with Crippen molar-refractivity contribution in [3.8, 4) is 0 Å². The highest BCUT2D eigenvalue weighted by Gasteiger charge is 2.14. The molecule has 0 saturated carbocycles. The van der Waals surface area contributed by atoms with Gasteiger partial charge in [-0.15, -0.1) is 0 Å². The molecule has 0 fully saturated rings. The van der Waals surface area contributed by atoms with Crippen molar-refractivity contribution in [3.63, 3.8) is 0 Å². The van der Waals surface area contributed by atoms with Crippen molar-refractivity contribution >= 4 is 17.4 Å². The molecular weight excluding hydrogens is 318 g/mol. The van der Waals surface area contributed by atoms with E-state index in [1.54, 1.807) is 24.2 Å². The van der Waals surface area contributed by atoms with Gasteiger partial charge >= 0.3 is 6.03 Å². The molecule has 0 bridgehead atoms.